The number of carbonyl (C=O) groups excluding carboxylic acids is 1. The molecule has 1 unspecified atom stereocenters. The lowest BCUT2D eigenvalue weighted by Crippen LogP contribution is -2.38. The smallest absolute Gasteiger partial charge is 0.226 e. The molecule has 1 N–H and O–H groups in total. The Morgan fingerprint density at radius 1 is 1.38 bits per heavy atom. The number of halogens is 1. The molecule has 114 valence electrons. The van der Waals surface area contributed by atoms with Gasteiger partial charge in [-0.05, 0) is 42.4 Å². The molecule has 0 bridgehead atoms. The fourth-order valence-electron chi connectivity index (χ4n) is 2.87. The summed E-state index contributed by atoms with van der Waals surface area (Å²) >= 11 is 0. The summed E-state index contributed by atoms with van der Waals surface area (Å²) in [6.45, 7) is 4.52. The molecule has 2 fully saturated rings. The molecule has 4 heteroatoms. The van der Waals surface area contributed by atoms with Crippen molar-refractivity contribution in [3.8, 4) is 0 Å². The van der Waals surface area contributed by atoms with Crippen LogP contribution < -0.4 is 0 Å². The molecule has 0 radical (unpaired) electrons. The number of carbonyl (C=O) groups is 1. The predicted molar refractivity (Wildman–Crippen MR) is 78.0 cm³/mol. The van der Waals surface area contributed by atoms with E-state index in [1.54, 1.807) is 12.1 Å². The van der Waals surface area contributed by atoms with E-state index in [-0.39, 0.29) is 29.1 Å². The number of nitrogens with zero attached hydrogens (tertiary/aromatic N) is 1. The molecule has 0 saturated heterocycles. The van der Waals surface area contributed by atoms with Crippen LogP contribution in [0.1, 0.15) is 44.8 Å². The second kappa shape index (κ2) is 5.09. The van der Waals surface area contributed by atoms with Gasteiger partial charge in [0.1, 0.15) is 5.82 Å². The van der Waals surface area contributed by atoms with E-state index in [0.717, 1.165) is 19.3 Å². The summed E-state index contributed by atoms with van der Waals surface area (Å²) in [6.07, 6.45) is 2.23. The molecule has 2 atom stereocenters. The molecular weight excluding hydrogens is 269 g/mol. The zero-order valence-corrected chi connectivity index (χ0v) is 12.6. The SMILES string of the molecule is CC1(C)C[C@@H]1C(=O)N(CC(O)c1ccc(F)cc1)C1CC1. The van der Waals surface area contributed by atoms with Crippen LogP contribution in [-0.4, -0.2) is 28.5 Å². The number of hydrogen-bond acceptors (Lipinski definition) is 2. The number of rotatable bonds is 5. The third-order valence-electron chi connectivity index (χ3n) is 4.71. The van der Waals surface area contributed by atoms with E-state index in [4.69, 9.17) is 0 Å². The van der Waals surface area contributed by atoms with Crippen LogP contribution in [-0.2, 0) is 4.79 Å². The summed E-state index contributed by atoms with van der Waals surface area (Å²) in [5, 5.41) is 10.3. The Morgan fingerprint density at radius 3 is 2.43 bits per heavy atom. The van der Waals surface area contributed by atoms with Crippen LogP contribution in [0.3, 0.4) is 0 Å². The van der Waals surface area contributed by atoms with Gasteiger partial charge in [0.25, 0.3) is 0 Å². The maximum Gasteiger partial charge on any atom is 0.226 e. The van der Waals surface area contributed by atoms with Gasteiger partial charge in [0.2, 0.25) is 5.91 Å². The summed E-state index contributed by atoms with van der Waals surface area (Å²) in [6, 6.07) is 6.12. The van der Waals surface area contributed by atoms with Crippen molar-refractivity contribution in [2.75, 3.05) is 6.54 Å². The molecule has 1 amide bonds. The van der Waals surface area contributed by atoms with Crippen molar-refractivity contribution in [2.24, 2.45) is 11.3 Å². The first-order chi connectivity index (χ1) is 9.88. The van der Waals surface area contributed by atoms with Crippen molar-refractivity contribution >= 4 is 5.91 Å². The minimum Gasteiger partial charge on any atom is -0.387 e. The van der Waals surface area contributed by atoms with Crippen molar-refractivity contribution in [1.29, 1.82) is 0 Å². The van der Waals surface area contributed by atoms with Gasteiger partial charge in [-0.15, -0.1) is 0 Å². The highest BCUT2D eigenvalue weighted by atomic mass is 19.1. The van der Waals surface area contributed by atoms with Crippen LogP contribution >= 0.6 is 0 Å². The molecule has 1 aromatic rings. The largest absolute Gasteiger partial charge is 0.387 e. The number of amides is 1. The van der Waals surface area contributed by atoms with E-state index in [2.05, 4.69) is 13.8 Å². The van der Waals surface area contributed by atoms with Gasteiger partial charge in [-0.3, -0.25) is 4.79 Å². The molecule has 2 saturated carbocycles. The van der Waals surface area contributed by atoms with E-state index < -0.39 is 6.10 Å². The van der Waals surface area contributed by atoms with Crippen LogP contribution in [0.15, 0.2) is 24.3 Å². The average molecular weight is 291 g/mol. The van der Waals surface area contributed by atoms with E-state index in [9.17, 15) is 14.3 Å². The normalized spacial score (nSPS) is 24.5. The number of benzene rings is 1. The Balaban J connectivity index is 1.68. The fraction of sp³-hybridized carbons (Fsp3) is 0.588. The van der Waals surface area contributed by atoms with Gasteiger partial charge in [-0.1, -0.05) is 26.0 Å². The predicted octanol–water partition coefficient (Wildman–Crippen LogP) is 2.90. The zero-order valence-electron chi connectivity index (χ0n) is 12.6. The van der Waals surface area contributed by atoms with E-state index in [0.29, 0.717) is 12.1 Å². The Labute approximate surface area is 124 Å². The summed E-state index contributed by atoms with van der Waals surface area (Å²) < 4.78 is 12.9. The summed E-state index contributed by atoms with van der Waals surface area (Å²) in [5.41, 5.74) is 0.760. The summed E-state index contributed by atoms with van der Waals surface area (Å²) in [7, 11) is 0. The molecule has 3 rings (SSSR count). The van der Waals surface area contributed by atoms with Crippen LogP contribution in [0.4, 0.5) is 4.39 Å². The van der Waals surface area contributed by atoms with Gasteiger partial charge in [-0.25, -0.2) is 4.39 Å². The lowest BCUT2D eigenvalue weighted by Gasteiger charge is -2.26. The van der Waals surface area contributed by atoms with Gasteiger partial charge in [0.15, 0.2) is 0 Å². The maximum absolute atomic E-state index is 12.9. The second-order valence-corrected chi connectivity index (χ2v) is 7.03. The van der Waals surface area contributed by atoms with Crippen molar-refractivity contribution in [3.05, 3.63) is 35.6 Å². The number of hydrogen-bond donors (Lipinski definition) is 1. The molecule has 2 aliphatic carbocycles. The average Bonchev–Trinajstić information content (AvgIpc) is 3.33. The van der Waals surface area contributed by atoms with E-state index >= 15 is 0 Å². The first kappa shape index (κ1) is 14.5. The highest BCUT2D eigenvalue weighted by Crippen LogP contribution is 2.53. The van der Waals surface area contributed by atoms with Gasteiger partial charge in [0.05, 0.1) is 12.6 Å². The van der Waals surface area contributed by atoms with Crippen LogP contribution in [0.25, 0.3) is 0 Å². The Kier molecular flexibility index (Phi) is 3.52. The molecule has 0 heterocycles. The standard InChI is InChI=1S/C17H22FNO2/c1-17(2)9-14(17)16(21)19(13-7-8-13)10-15(20)11-3-5-12(18)6-4-11/h3-6,13-15,20H,7-10H2,1-2H3/t14-,15?/m1/s1. The Morgan fingerprint density at radius 2 is 1.95 bits per heavy atom. The molecule has 21 heavy (non-hydrogen) atoms. The topological polar surface area (TPSA) is 40.5 Å². The number of aliphatic hydroxyl groups is 1. The van der Waals surface area contributed by atoms with Crippen LogP contribution in [0, 0.1) is 17.2 Å². The minimum atomic E-state index is -0.753. The second-order valence-electron chi connectivity index (χ2n) is 7.03. The monoisotopic (exact) mass is 291 g/mol. The highest BCUT2D eigenvalue weighted by molar-refractivity contribution is 5.83. The van der Waals surface area contributed by atoms with Gasteiger partial charge in [-0.2, -0.15) is 0 Å². The van der Waals surface area contributed by atoms with Crippen molar-refractivity contribution in [3.63, 3.8) is 0 Å². The zero-order chi connectivity index (χ0) is 15.2. The molecule has 0 aromatic heterocycles. The minimum absolute atomic E-state index is 0.0958. The van der Waals surface area contributed by atoms with Gasteiger partial charge in [0, 0.05) is 12.0 Å². The van der Waals surface area contributed by atoms with Crippen LogP contribution in [0.2, 0.25) is 0 Å². The maximum atomic E-state index is 12.9. The number of aliphatic hydroxyl groups excluding tert-OH is 1. The lowest BCUT2D eigenvalue weighted by molar-refractivity contribution is -0.135. The first-order valence-corrected chi connectivity index (χ1v) is 7.62. The van der Waals surface area contributed by atoms with Gasteiger partial charge < -0.3 is 10.0 Å². The summed E-state index contributed by atoms with van der Waals surface area (Å²) in [4.78, 5) is 14.4. The molecule has 3 nitrogen and oxygen atoms in total. The molecule has 2 aliphatic rings. The molecular formula is C17H22FNO2. The summed E-state index contributed by atoms with van der Waals surface area (Å²) in [5.74, 6) is -0.0528. The van der Waals surface area contributed by atoms with E-state index in [1.807, 2.05) is 4.90 Å². The van der Waals surface area contributed by atoms with Crippen molar-refractivity contribution in [1.82, 2.24) is 4.90 Å². The third-order valence-corrected chi connectivity index (χ3v) is 4.71. The van der Waals surface area contributed by atoms with Gasteiger partial charge >= 0.3 is 0 Å². The Hall–Kier alpha value is -1.42. The first-order valence-electron chi connectivity index (χ1n) is 7.62. The Bertz CT molecular complexity index is 536. The van der Waals surface area contributed by atoms with E-state index in [1.165, 1.54) is 12.1 Å². The van der Waals surface area contributed by atoms with Crippen LogP contribution in [0.5, 0.6) is 0 Å². The quantitative estimate of drug-likeness (QED) is 0.906. The third kappa shape index (κ3) is 3.10. The molecule has 0 spiro atoms. The molecule has 0 aliphatic heterocycles. The van der Waals surface area contributed by atoms with Crippen molar-refractivity contribution in [2.45, 2.75) is 45.3 Å². The van der Waals surface area contributed by atoms with Crippen molar-refractivity contribution < 1.29 is 14.3 Å². The molecule has 1 aromatic carbocycles. The lowest BCUT2D eigenvalue weighted by atomic mass is 10.1. The fourth-order valence-corrected chi connectivity index (χ4v) is 2.87. The highest BCUT2D eigenvalue weighted by Gasteiger charge is 2.53.